The van der Waals surface area contributed by atoms with Crippen LogP contribution >= 0.6 is 0 Å². The number of carboxylic acids is 1. The first kappa shape index (κ1) is 14.7. The van der Waals surface area contributed by atoms with E-state index >= 15 is 0 Å². The van der Waals surface area contributed by atoms with Crippen molar-refractivity contribution in [2.24, 2.45) is 0 Å². The van der Waals surface area contributed by atoms with Crippen LogP contribution in [0.15, 0.2) is 6.07 Å². The molecule has 1 aliphatic rings. The van der Waals surface area contributed by atoms with Crippen LogP contribution in [0.2, 0.25) is 0 Å². The molecule has 1 fully saturated rings. The second kappa shape index (κ2) is 6.65. The van der Waals surface area contributed by atoms with Gasteiger partial charge < -0.3 is 15.3 Å². The Morgan fingerprint density at radius 1 is 1.45 bits per heavy atom. The lowest BCUT2D eigenvalue weighted by molar-refractivity contribution is 0.0690. The maximum Gasteiger partial charge on any atom is 0.354 e. The van der Waals surface area contributed by atoms with Crippen molar-refractivity contribution in [3.63, 3.8) is 0 Å². The Labute approximate surface area is 119 Å². The molecular formula is C14H22N4O2. The highest BCUT2D eigenvalue weighted by atomic mass is 16.4. The molecule has 0 radical (unpaired) electrons. The van der Waals surface area contributed by atoms with Gasteiger partial charge in [0, 0.05) is 24.8 Å². The summed E-state index contributed by atoms with van der Waals surface area (Å²) in [6.45, 7) is 7.27. The Kier molecular flexibility index (Phi) is 4.89. The fourth-order valence-electron chi connectivity index (χ4n) is 2.54. The molecule has 20 heavy (non-hydrogen) atoms. The third-order valence-corrected chi connectivity index (χ3v) is 3.53. The first-order valence-electron chi connectivity index (χ1n) is 7.16. The van der Waals surface area contributed by atoms with Crippen molar-refractivity contribution in [2.75, 3.05) is 25.0 Å². The summed E-state index contributed by atoms with van der Waals surface area (Å²) in [4.78, 5) is 21.8. The van der Waals surface area contributed by atoms with Gasteiger partial charge in [-0.05, 0) is 38.8 Å². The van der Waals surface area contributed by atoms with Crippen molar-refractivity contribution < 1.29 is 9.90 Å². The molecule has 0 aliphatic carbocycles. The number of hydrogen-bond donors (Lipinski definition) is 2. The topological polar surface area (TPSA) is 78.4 Å². The fourth-order valence-corrected chi connectivity index (χ4v) is 2.54. The molecule has 0 saturated carbocycles. The number of aryl methyl sites for hydroxylation is 1. The first-order valence-corrected chi connectivity index (χ1v) is 7.16. The standard InChI is InChI=1S/C14H22N4O2/c1-3-6-18-7-4-11(5-8-18)16-14-15-10(2)9-12(17-14)13(19)20/h9,11H,3-8H2,1-2H3,(H,19,20)(H,15,16,17). The van der Waals surface area contributed by atoms with Gasteiger partial charge in [0.15, 0.2) is 5.69 Å². The second-order valence-electron chi connectivity index (χ2n) is 5.28. The van der Waals surface area contributed by atoms with Crippen LogP contribution in [0.5, 0.6) is 0 Å². The summed E-state index contributed by atoms with van der Waals surface area (Å²) < 4.78 is 0. The number of nitrogens with one attached hydrogen (secondary N) is 1. The van der Waals surface area contributed by atoms with E-state index in [-0.39, 0.29) is 5.69 Å². The van der Waals surface area contributed by atoms with E-state index in [0.717, 1.165) is 32.5 Å². The van der Waals surface area contributed by atoms with Crippen LogP contribution in [0, 0.1) is 6.92 Å². The Hall–Kier alpha value is -1.69. The number of hydrogen-bond acceptors (Lipinski definition) is 5. The Morgan fingerprint density at radius 2 is 2.15 bits per heavy atom. The van der Waals surface area contributed by atoms with Crippen molar-refractivity contribution in [3.8, 4) is 0 Å². The molecule has 1 aromatic heterocycles. The molecule has 0 bridgehead atoms. The predicted molar refractivity (Wildman–Crippen MR) is 77.1 cm³/mol. The minimum atomic E-state index is -1.02. The summed E-state index contributed by atoms with van der Waals surface area (Å²) in [6.07, 6.45) is 3.26. The minimum Gasteiger partial charge on any atom is -0.477 e. The maximum absolute atomic E-state index is 11.0. The summed E-state index contributed by atoms with van der Waals surface area (Å²) in [5.74, 6) is -0.590. The highest BCUT2D eigenvalue weighted by Crippen LogP contribution is 2.15. The molecule has 6 nitrogen and oxygen atoms in total. The van der Waals surface area contributed by atoms with Gasteiger partial charge in [-0.25, -0.2) is 14.8 Å². The van der Waals surface area contributed by atoms with Gasteiger partial charge in [0.1, 0.15) is 0 Å². The Balaban J connectivity index is 1.96. The number of aromatic carboxylic acids is 1. The molecule has 2 rings (SSSR count). The third-order valence-electron chi connectivity index (χ3n) is 3.53. The largest absolute Gasteiger partial charge is 0.477 e. The van der Waals surface area contributed by atoms with Crippen molar-refractivity contribution in [3.05, 3.63) is 17.5 Å². The van der Waals surface area contributed by atoms with E-state index in [1.54, 1.807) is 6.92 Å². The van der Waals surface area contributed by atoms with Gasteiger partial charge in [0.2, 0.25) is 5.95 Å². The summed E-state index contributed by atoms with van der Waals surface area (Å²) >= 11 is 0. The Morgan fingerprint density at radius 3 is 2.75 bits per heavy atom. The molecule has 110 valence electrons. The molecule has 6 heteroatoms. The quantitative estimate of drug-likeness (QED) is 0.854. The fraction of sp³-hybridized carbons (Fsp3) is 0.643. The van der Waals surface area contributed by atoms with Gasteiger partial charge in [0.25, 0.3) is 0 Å². The van der Waals surface area contributed by atoms with Crippen LogP contribution in [-0.2, 0) is 0 Å². The van der Waals surface area contributed by atoms with Crippen LogP contribution in [0.3, 0.4) is 0 Å². The lowest BCUT2D eigenvalue weighted by Gasteiger charge is -2.32. The molecule has 0 atom stereocenters. The van der Waals surface area contributed by atoms with Gasteiger partial charge in [-0.15, -0.1) is 0 Å². The van der Waals surface area contributed by atoms with E-state index in [1.165, 1.54) is 12.5 Å². The molecule has 1 saturated heterocycles. The number of aromatic nitrogens is 2. The van der Waals surface area contributed by atoms with Crippen LogP contribution in [-0.4, -0.2) is 51.6 Å². The molecule has 1 aliphatic heterocycles. The average Bonchev–Trinajstić information content (AvgIpc) is 2.40. The number of piperidine rings is 1. The monoisotopic (exact) mass is 278 g/mol. The number of carboxylic acid groups (broad SMARTS) is 1. The number of rotatable bonds is 5. The average molecular weight is 278 g/mol. The van der Waals surface area contributed by atoms with Crippen LogP contribution in [0.1, 0.15) is 42.4 Å². The maximum atomic E-state index is 11.0. The van der Waals surface area contributed by atoms with E-state index in [9.17, 15) is 4.79 Å². The highest BCUT2D eigenvalue weighted by Gasteiger charge is 2.19. The van der Waals surface area contributed by atoms with Gasteiger partial charge >= 0.3 is 5.97 Å². The second-order valence-corrected chi connectivity index (χ2v) is 5.28. The predicted octanol–water partition coefficient (Wildman–Crippen LogP) is 1.77. The summed E-state index contributed by atoms with van der Waals surface area (Å²) in [5, 5.41) is 12.3. The third kappa shape index (κ3) is 3.90. The van der Waals surface area contributed by atoms with Gasteiger partial charge in [-0.3, -0.25) is 0 Å². The van der Waals surface area contributed by atoms with Crippen LogP contribution < -0.4 is 5.32 Å². The normalized spacial score (nSPS) is 17.1. The van der Waals surface area contributed by atoms with Crippen molar-refractivity contribution in [1.82, 2.24) is 14.9 Å². The number of carbonyl (C=O) groups is 1. The van der Waals surface area contributed by atoms with Crippen LogP contribution in [0.4, 0.5) is 5.95 Å². The van der Waals surface area contributed by atoms with Gasteiger partial charge in [-0.1, -0.05) is 6.92 Å². The van der Waals surface area contributed by atoms with E-state index in [1.807, 2.05) is 0 Å². The summed E-state index contributed by atoms with van der Waals surface area (Å²) in [5.41, 5.74) is 0.715. The molecule has 0 amide bonds. The molecule has 0 aromatic carbocycles. The van der Waals surface area contributed by atoms with E-state index in [0.29, 0.717) is 17.7 Å². The minimum absolute atomic E-state index is 0.0448. The first-order chi connectivity index (χ1) is 9.58. The summed E-state index contributed by atoms with van der Waals surface area (Å²) in [6, 6.07) is 1.81. The number of nitrogens with zero attached hydrogens (tertiary/aromatic N) is 3. The zero-order valence-corrected chi connectivity index (χ0v) is 12.1. The molecule has 0 unspecified atom stereocenters. The number of anilines is 1. The van der Waals surface area contributed by atoms with E-state index in [4.69, 9.17) is 5.11 Å². The van der Waals surface area contributed by atoms with E-state index in [2.05, 4.69) is 27.1 Å². The SMILES string of the molecule is CCCN1CCC(Nc2nc(C)cc(C(=O)O)n2)CC1. The molecular weight excluding hydrogens is 256 g/mol. The van der Waals surface area contributed by atoms with Crippen molar-refractivity contribution >= 4 is 11.9 Å². The smallest absolute Gasteiger partial charge is 0.354 e. The summed E-state index contributed by atoms with van der Waals surface area (Å²) in [7, 11) is 0. The lowest BCUT2D eigenvalue weighted by atomic mass is 10.1. The van der Waals surface area contributed by atoms with E-state index < -0.39 is 5.97 Å². The van der Waals surface area contributed by atoms with Crippen LogP contribution in [0.25, 0.3) is 0 Å². The molecule has 2 heterocycles. The van der Waals surface area contributed by atoms with Crippen molar-refractivity contribution in [1.29, 1.82) is 0 Å². The van der Waals surface area contributed by atoms with Gasteiger partial charge in [-0.2, -0.15) is 0 Å². The molecule has 0 spiro atoms. The van der Waals surface area contributed by atoms with Crippen molar-refractivity contribution in [2.45, 2.75) is 39.2 Å². The highest BCUT2D eigenvalue weighted by molar-refractivity contribution is 5.85. The lowest BCUT2D eigenvalue weighted by Crippen LogP contribution is -2.39. The Bertz CT molecular complexity index is 470. The van der Waals surface area contributed by atoms with Gasteiger partial charge in [0.05, 0.1) is 0 Å². The zero-order valence-electron chi connectivity index (χ0n) is 12.1. The molecule has 2 N–H and O–H groups in total. The number of likely N-dealkylation sites (tertiary alicyclic amines) is 1. The zero-order chi connectivity index (χ0) is 14.5. The molecule has 1 aromatic rings.